The van der Waals surface area contributed by atoms with E-state index in [2.05, 4.69) is 43.8 Å². The van der Waals surface area contributed by atoms with Crippen molar-refractivity contribution >= 4 is 45.3 Å². The molecule has 0 aliphatic heterocycles. The molecule has 0 bridgehead atoms. The van der Waals surface area contributed by atoms with Crippen LogP contribution in [0.25, 0.3) is 34.0 Å². The predicted octanol–water partition coefficient (Wildman–Crippen LogP) is 9.66. The van der Waals surface area contributed by atoms with Crippen LogP contribution in [-0.4, -0.2) is 39.0 Å². The zero-order valence-electron chi connectivity index (χ0n) is 25.6. The molecule has 0 saturated carbocycles. The van der Waals surface area contributed by atoms with Crippen LogP contribution in [0, 0.1) is 0 Å². The summed E-state index contributed by atoms with van der Waals surface area (Å²) in [4.78, 5) is 25.3. The Morgan fingerprint density at radius 3 is 1.58 bits per heavy atom. The van der Waals surface area contributed by atoms with Gasteiger partial charge in [-0.05, 0) is 74.2 Å². The molecule has 0 unspecified atom stereocenters. The van der Waals surface area contributed by atoms with Crippen molar-refractivity contribution < 1.29 is 26.3 Å². The summed E-state index contributed by atoms with van der Waals surface area (Å²) in [5.74, 6) is 0.520. The average molecular weight is 710 g/mol. The highest BCUT2D eigenvalue weighted by Crippen LogP contribution is 2.33. The van der Waals surface area contributed by atoms with Crippen LogP contribution in [0.5, 0.6) is 0 Å². The molecular formula is C32H28Cl2F6N8. The van der Waals surface area contributed by atoms with Gasteiger partial charge in [-0.15, -0.1) is 0 Å². The van der Waals surface area contributed by atoms with Gasteiger partial charge in [-0.2, -0.15) is 26.3 Å². The topological polar surface area (TPSA) is 87.2 Å². The molecule has 4 aromatic heterocycles. The summed E-state index contributed by atoms with van der Waals surface area (Å²) in [6.07, 6.45) is -0.612. The van der Waals surface area contributed by atoms with Gasteiger partial charge < -0.3 is 0 Å². The molecule has 16 heteroatoms. The Morgan fingerprint density at radius 2 is 1.06 bits per heavy atom. The van der Waals surface area contributed by atoms with Crippen LogP contribution in [0.2, 0.25) is 10.3 Å². The number of nitrogens with zero attached hydrogens (tertiary/aromatic N) is 8. The monoisotopic (exact) mass is 708 g/mol. The standard InChI is InChI=1S/2C16H14ClF3N4/c1-2-3-4-11-8-14(17)23-15(22-11)24-9-21-12-7-10(16(18,19)20)5-6-13(12)24;1-2-3-4-11-8-14(17)23-15(22-11)24-9-21-12-6-5-10(7-13(12)24)16(18,19)20/h2*5-9H,2-4H2,1H3. The number of unbranched alkanes of at least 4 members (excludes halogenated alkanes) is 2. The van der Waals surface area contributed by atoms with Crippen LogP contribution in [-0.2, 0) is 25.2 Å². The minimum absolute atomic E-state index is 0.218. The molecule has 0 radical (unpaired) electrons. The molecule has 8 nitrogen and oxygen atoms in total. The van der Waals surface area contributed by atoms with Crippen LogP contribution in [0.4, 0.5) is 26.3 Å². The second kappa shape index (κ2) is 14.4. The van der Waals surface area contributed by atoms with Gasteiger partial charge >= 0.3 is 12.4 Å². The molecule has 4 heterocycles. The number of rotatable bonds is 8. The Morgan fingerprint density at radius 1 is 0.583 bits per heavy atom. The van der Waals surface area contributed by atoms with Crippen LogP contribution < -0.4 is 0 Å². The molecule has 2 aromatic carbocycles. The van der Waals surface area contributed by atoms with E-state index in [1.165, 1.54) is 33.9 Å². The van der Waals surface area contributed by atoms with Gasteiger partial charge in [0.05, 0.1) is 33.2 Å². The van der Waals surface area contributed by atoms with Gasteiger partial charge in [-0.3, -0.25) is 9.13 Å². The minimum Gasteiger partial charge on any atom is -0.267 e. The molecule has 0 atom stereocenters. The number of hydrogen-bond acceptors (Lipinski definition) is 6. The molecule has 6 rings (SSSR count). The van der Waals surface area contributed by atoms with Crippen LogP contribution in [0.1, 0.15) is 62.0 Å². The van der Waals surface area contributed by atoms with E-state index in [0.29, 0.717) is 22.1 Å². The second-order valence-corrected chi connectivity index (χ2v) is 11.6. The summed E-state index contributed by atoms with van der Waals surface area (Å²) >= 11 is 12.1. The lowest BCUT2D eigenvalue weighted by Crippen LogP contribution is -2.06. The van der Waals surface area contributed by atoms with Crippen molar-refractivity contribution in [3.63, 3.8) is 0 Å². The molecule has 0 amide bonds. The highest BCUT2D eigenvalue weighted by molar-refractivity contribution is 6.29. The van der Waals surface area contributed by atoms with E-state index in [1.807, 2.05) is 0 Å². The Bertz CT molecular complexity index is 2040. The minimum atomic E-state index is -4.43. The fourth-order valence-corrected chi connectivity index (χ4v) is 5.18. The summed E-state index contributed by atoms with van der Waals surface area (Å²) in [5.41, 5.74) is 1.49. The second-order valence-electron chi connectivity index (χ2n) is 10.8. The van der Waals surface area contributed by atoms with E-state index in [9.17, 15) is 26.3 Å². The lowest BCUT2D eigenvalue weighted by Gasteiger charge is -2.09. The third-order valence-electron chi connectivity index (χ3n) is 7.23. The predicted molar refractivity (Wildman–Crippen MR) is 171 cm³/mol. The van der Waals surface area contributed by atoms with Gasteiger partial charge in [-0.25, -0.2) is 29.9 Å². The smallest absolute Gasteiger partial charge is 0.267 e. The number of halogens is 8. The van der Waals surface area contributed by atoms with Crippen molar-refractivity contribution in [3.05, 3.63) is 94.0 Å². The Hall–Kier alpha value is -4.30. The highest BCUT2D eigenvalue weighted by Gasteiger charge is 2.32. The van der Waals surface area contributed by atoms with Gasteiger partial charge in [0.25, 0.3) is 0 Å². The third kappa shape index (κ3) is 8.21. The molecular weight excluding hydrogens is 681 g/mol. The van der Waals surface area contributed by atoms with E-state index in [1.54, 1.807) is 12.1 Å². The lowest BCUT2D eigenvalue weighted by molar-refractivity contribution is -0.138. The maximum atomic E-state index is 12.9. The highest BCUT2D eigenvalue weighted by atomic mass is 35.5. The Balaban J connectivity index is 0.000000188. The Labute approximate surface area is 280 Å². The fraction of sp³-hybridized carbons (Fsp3) is 0.312. The maximum absolute atomic E-state index is 12.9. The number of fused-ring (bicyclic) bond motifs is 2. The van der Waals surface area contributed by atoms with Crippen LogP contribution in [0.3, 0.4) is 0 Å². The van der Waals surface area contributed by atoms with E-state index in [4.69, 9.17) is 23.2 Å². The number of aromatic nitrogens is 8. The summed E-state index contributed by atoms with van der Waals surface area (Å²) in [6, 6.07) is 10.1. The molecule has 0 saturated heterocycles. The SMILES string of the molecule is CCCCc1cc(Cl)nc(-n2cnc3cc(C(F)(F)F)ccc32)n1.CCCCc1cc(Cl)nc(-n2cnc3ccc(C(F)(F)F)cc32)n1. The molecule has 0 spiro atoms. The number of alkyl halides is 6. The van der Waals surface area contributed by atoms with E-state index < -0.39 is 23.5 Å². The van der Waals surface area contributed by atoms with Crippen molar-refractivity contribution in [3.8, 4) is 11.9 Å². The normalized spacial score (nSPS) is 12.0. The summed E-state index contributed by atoms with van der Waals surface area (Å²) in [7, 11) is 0. The van der Waals surface area contributed by atoms with E-state index >= 15 is 0 Å². The first kappa shape index (κ1) is 35.0. The van der Waals surface area contributed by atoms with Crippen molar-refractivity contribution in [2.75, 3.05) is 0 Å². The number of imidazole rings is 2. The van der Waals surface area contributed by atoms with Crippen molar-refractivity contribution in [1.82, 2.24) is 39.0 Å². The molecule has 6 aromatic rings. The van der Waals surface area contributed by atoms with Crippen molar-refractivity contribution in [2.24, 2.45) is 0 Å². The average Bonchev–Trinajstić information content (AvgIpc) is 3.66. The summed E-state index contributed by atoms with van der Waals surface area (Å²) < 4.78 is 80.2. The molecule has 48 heavy (non-hydrogen) atoms. The molecule has 0 fully saturated rings. The largest absolute Gasteiger partial charge is 0.416 e. The van der Waals surface area contributed by atoms with Crippen LogP contribution >= 0.6 is 23.2 Å². The quantitative estimate of drug-likeness (QED) is 0.116. The first-order chi connectivity index (χ1) is 22.8. The first-order valence-electron chi connectivity index (χ1n) is 14.9. The van der Waals surface area contributed by atoms with Crippen molar-refractivity contribution in [2.45, 2.75) is 64.7 Å². The van der Waals surface area contributed by atoms with Gasteiger partial charge in [-0.1, -0.05) is 49.9 Å². The molecule has 0 aliphatic rings. The number of hydrogen-bond donors (Lipinski definition) is 0. The van der Waals surface area contributed by atoms with E-state index in [0.717, 1.165) is 74.2 Å². The Kier molecular flexibility index (Phi) is 10.5. The van der Waals surface area contributed by atoms with E-state index in [-0.39, 0.29) is 22.1 Å². The van der Waals surface area contributed by atoms with Gasteiger partial charge in [0, 0.05) is 11.4 Å². The molecule has 252 valence electrons. The van der Waals surface area contributed by atoms with Crippen molar-refractivity contribution in [1.29, 1.82) is 0 Å². The van der Waals surface area contributed by atoms with Crippen LogP contribution in [0.15, 0.2) is 61.2 Å². The summed E-state index contributed by atoms with van der Waals surface area (Å²) in [6.45, 7) is 4.14. The maximum Gasteiger partial charge on any atom is 0.416 e. The lowest BCUT2D eigenvalue weighted by atomic mass is 10.2. The first-order valence-corrected chi connectivity index (χ1v) is 15.7. The number of aryl methyl sites for hydroxylation is 2. The molecule has 0 N–H and O–H groups in total. The zero-order chi connectivity index (χ0) is 34.6. The van der Waals surface area contributed by atoms with Gasteiger partial charge in [0.2, 0.25) is 11.9 Å². The zero-order valence-corrected chi connectivity index (χ0v) is 27.1. The third-order valence-corrected chi connectivity index (χ3v) is 7.61. The summed E-state index contributed by atoms with van der Waals surface area (Å²) in [5, 5.41) is 0.541. The fourth-order valence-electron chi connectivity index (χ4n) is 4.78. The van der Waals surface area contributed by atoms with Gasteiger partial charge in [0.1, 0.15) is 23.0 Å². The molecule has 0 aliphatic carbocycles. The van der Waals surface area contributed by atoms with Gasteiger partial charge in [0.15, 0.2) is 0 Å². The number of benzene rings is 2.